The largest absolute Gasteiger partial charge is 0.455 e. The number of allylic oxidation sites excluding steroid dienone is 5. The lowest BCUT2D eigenvalue weighted by Crippen LogP contribution is -1.80. The summed E-state index contributed by atoms with van der Waals surface area (Å²) in [7, 11) is 0. The Kier molecular flexibility index (Phi) is 5.12. The summed E-state index contributed by atoms with van der Waals surface area (Å²) in [6, 6.07) is 20.9. The van der Waals surface area contributed by atoms with E-state index in [4.69, 9.17) is 8.83 Å². The predicted molar refractivity (Wildman–Crippen MR) is 137 cm³/mol. The van der Waals surface area contributed by atoms with Gasteiger partial charge in [0.1, 0.15) is 22.5 Å². The fraction of sp³-hybridized carbons (Fsp3) is 0.0667. The van der Waals surface area contributed by atoms with Crippen LogP contribution in [0.5, 0.6) is 0 Å². The molecule has 2 nitrogen and oxygen atoms in total. The topological polar surface area (TPSA) is 26.3 Å². The van der Waals surface area contributed by atoms with Crippen molar-refractivity contribution in [3.8, 4) is 11.1 Å². The van der Waals surface area contributed by atoms with E-state index in [1.807, 2.05) is 12.1 Å². The molecule has 0 atom stereocenters. The van der Waals surface area contributed by atoms with Crippen molar-refractivity contribution in [1.29, 1.82) is 0 Å². The molecule has 0 spiro atoms. The summed E-state index contributed by atoms with van der Waals surface area (Å²) in [5, 5.41) is 3.42. The van der Waals surface area contributed by atoms with E-state index in [0.29, 0.717) is 0 Å². The Morgan fingerprint density at radius 3 is 2.16 bits per heavy atom. The molecule has 0 amide bonds. The number of fused-ring (bicyclic) bond motifs is 6. The Bertz CT molecular complexity index is 1530. The van der Waals surface area contributed by atoms with E-state index in [-0.39, 0.29) is 0 Å². The number of hydrogen-bond acceptors (Lipinski definition) is 2. The third-order valence-electron chi connectivity index (χ3n) is 5.82. The predicted octanol–water partition coefficient (Wildman–Crippen LogP) is 9.18. The maximum atomic E-state index is 6.43. The molecule has 6 rings (SSSR count). The number of hydrogen-bond donors (Lipinski definition) is 0. The first-order valence-electron chi connectivity index (χ1n) is 10.8. The minimum atomic E-state index is 0.908. The van der Waals surface area contributed by atoms with Crippen LogP contribution in [-0.2, 0) is 0 Å². The van der Waals surface area contributed by atoms with Gasteiger partial charge >= 0.3 is 0 Å². The molecule has 156 valence electrons. The van der Waals surface area contributed by atoms with E-state index >= 15 is 0 Å². The molecule has 0 aliphatic heterocycles. The summed E-state index contributed by atoms with van der Waals surface area (Å²) in [6.07, 6.45) is 10.8. The molecule has 0 radical (unpaired) electrons. The van der Waals surface area contributed by atoms with Gasteiger partial charge in [0.05, 0.1) is 0 Å². The summed E-state index contributed by atoms with van der Waals surface area (Å²) in [5.41, 5.74) is 7.22. The standard InChI is InChI=1S/C26H18O2.C4H6/c1-16-8-2-3-10-19-20-12-7-14-22(26(20)28-24(16)19)21-13-6-11-18-17-9-4-5-15-23(17)27-25(18)21;1-3-4-2/h3-15H,2H2,1H3;3-4H,1-2H2. The van der Waals surface area contributed by atoms with Gasteiger partial charge in [0, 0.05) is 32.8 Å². The average Bonchev–Trinajstić information content (AvgIpc) is 3.35. The smallest absolute Gasteiger partial charge is 0.143 e. The molecule has 0 saturated heterocycles. The van der Waals surface area contributed by atoms with Crippen LogP contribution >= 0.6 is 0 Å². The Balaban J connectivity index is 0.000000501. The minimum absolute atomic E-state index is 0.908. The van der Waals surface area contributed by atoms with E-state index in [1.54, 1.807) is 12.2 Å². The first-order chi connectivity index (χ1) is 15.7. The van der Waals surface area contributed by atoms with E-state index in [2.05, 4.69) is 86.8 Å². The van der Waals surface area contributed by atoms with Crippen molar-refractivity contribution in [2.75, 3.05) is 0 Å². The Morgan fingerprint density at radius 2 is 1.41 bits per heavy atom. The van der Waals surface area contributed by atoms with Crippen molar-refractivity contribution in [2.45, 2.75) is 13.3 Å². The van der Waals surface area contributed by atoms with E-state index in [9.17, 15) is 0 Å². The average molecular weight is 417 g/mol. The molecule has 2 heteroatoms. The third kappa shape index (κ3) is 3.21. The van der Waals surface area contributed by atoms with Crippen molar-refractivity contribution < 1.29 is 8.83 Å². The maximum absolute atomic E-state index is 6.43. The van der Waals surface area contributed by atoms with E-state index in [0.717, 1.165) is 56.2 Å². The van der Waals surface area contributed by atoms with Crippen molar-refractivity contribution in [2.24, 2.45) is 0 Å². The minimum Gasteiger partial charge on any atom is -0.455 e. The van der Waals surface area contributed by atoms with Gasteiger partial charge < -0.3 is 8.83 Å². The summed E-state index contributed by atoms with van der Waals surface area (Å²) in [5.74, 6) is 0.966. The Hall–Kier alpha value is -4.04. The highest BCUT2D eigenvalue weighted by Gasteiger charge is 2.20. The van der Waals surface area contributed by atoms with Crippen LogP contribution in [0.1, 0.15) is 24.7 Å². The van der Waals surface area contributed by atoms with Crippen molar-refractivity contribution >= 4 is 44.6 Å². The molecule has 0 saturated carbocycles. The molecule has 0 bridgehead atoms. The fourth-order valence-electron chi connectivity index (χ4n) is 4.29. The molecule has 5 aromatic rings. The van der Waals surface area contributed by atoms with Gasteiger partial charge in [0.15, 0.2) is 0 Å². The number of furan rings is 2. The highest BCUT2D eigenvalue weighted by molar-refractivity contribution is 6.12. The van der Waals surface area contributed by atoms with Gasteiger partial charge in [-0.05, 0) is 25.0 Å². The van der Waals surface area contributed by atoms with Gasteiger partial charge in [0.25, 0.3) is 0 Å². The molecule has 1 aliphatic rings. The Labute approximate surface area is 187 Å². The van der Waals surface area contributed by atoms with Crippen LogP contribution in [-0.4, -0.2) is 0 Å². The number of benzene rings is 3. The highest BCUT2D eigenvalue weighted by atomic mass is 16.3. The first kappa shape index (κ1) is 19.9. The van der Waals surface area contributed by atoms with Gasteiger partial charge in [-0.15, -0.1) is 0 Å². The van der Waals surface area contributed by atoms with Crippen molar-refractivity contribution in [1.82, 2.24) is 0 Å². The molecule has 3 aromatic carbocycles. The summed E-state index contributed by atoms with van der Waals surface area (Å²) in [4.78, 5) is 0. The van der Waals surface area contributed by atoms with Crippen LogP contribution in [0, 0.1) is 0 Å². The van der Waals surface area contributed by atoms with Crippen molar-refractivity contribution in [3.63, 3.8) is 0 Å². The number of rotatable bonds is 2. The second-order valence-electron chi connectivity index (χ2n) is 7.80. The second-order valence-corrected chi connectivity index (χ2v) is 7.80. The molecule has 32 heavy (non-hydrogen) atoms. The van der Waals surface area contributed by atoms with Crippen LogP contribution in [0.15, 0.2) is 107 Å². The van der Waals surface area contributed by atoms with Gasteiger partial charge in [0.2, 0.25) is 0 Å². The molecule has 2 heterocycles. The second kappa shape index (κ2) is 8.24. The monoisotopic (exact) mass is 416 g/mol. The van der Waals surface area contributed by atoms with Crippen LogP contribution < -0.4 is 0 Å². The SMILES string of the molecule is C=CC=C.CC1=CCC=Cc2c1oc1c(-c3cccc4c3oc3ccccc34)cccc21. The molecule has 1 aliphatic carbocycles. The summed E-state index contributed by atoms with van der Waals surface area (Å²) < 4.78 is 12.7. The normalized spacial score (nSPS) is 12.7. The molecule has 0 unspecified atom stereocenters. The molecule has 0 fully saturated rings. The van der Waals surface area contributed by atoms with Gasteiger partial charge in [-0.3, -0.25) is 0 Å². The van der Waals surface area contributed by atoms with Crippen LogP contribution in [0.2, 0.25) is 0 Å². The van der Waals surface area contributed by atoms with Crippen molar-refractivity contribution in [3.05, 3.63) is 109 Å². The van der Waals surface area contributed by atoms with Gasteiger partial charge in [-0.25, -0.2) is 0 Å². The van der Waals surface area contributed by atoms with Crippen LogP contribution in [0.4, 0.5) is 0 Å². The van der Waals surface area contributed by atoms with E-state index < -0.39 is 0 Å². The zero-order chi connectivity index (χ0) is 22.1. The quantitative estimate of drug-likeness (QED) is 0.268. The van der Waals surface area contributed by atoms with E-state index in [1.165, 1.54) is 11.1 Å². The molecule has 2 aromatic heterocycles. The Morgan fingerprint density at radius 1 is 0.750 bits per heavy atom. The zero-order valence-corrected chi connectivity index (χ0v) is 18.1. The summed E-state index contributed by atoms with van der Waals surface area (Å²) >= 11 is 0. The summed E-state index contributed by atoms with van der Waals surface area (Å²) in [6.45, 7) is 8.84. The number of para-hydroxylation sites is 3. The molecule has 0 N–H and O–H groups in total. The molecular weight excluding hydrogens is 392 g/mol. The van der Waals surface area contributed by atoms with Gasteiger partial charge in [-0.2, -0.15) is 0 Å². The lowest BCUT2D eigenvalue weighted by Gasteiger charge is -2.04. The lowest BCUT2D eigenvalue weighted by atomic mass is 9.99. The van der Waals surface area contributed by atoms with Crippen LogP contribution in [0.3, 0.4) is 0 Å². The molecular formula is C30H24O2. The fourth-order valence-corrected chi connectivity index (χ4v) is 4.29. The third-order valence-corrected chi connectivity index (χ3v) is 5.82. The lowest BCUT2D eigenvalue weighted by molar-refractivity contribution is 0.599. The van der Waals surface area contributed by atoms with Crippen LogP contribution in [0.25, 0.3) is 55.7 Å². The zero-order valence-electron chi connectivity index (χ0n) is 18.1. The van der Waals surface area contributed by atoms with Gasteiger partial charge in [-0.1, -0.05) is 98.1 Å². The first-order valence-corrected chi connectivity index (χ1v) is 10.8. The highest BCUT2D eigenvalue weighted by Crippen LogP contribution is 2.42. The maximum Gasteiger partial charge on any atom is 0.143 e.